The third-order valence-corrected chi connectivity index (χ3v) is 4.76. The number of hydrogen-bond acceptors (Lipinski definition) is 4. The first-order chi connectivity index (χ1) is 11.5. The fourth-order valence-electron chi connectivity index (χ4n) is 2.43. The lowest BCUT2D eigenvalue weighted by Crippen LogP contribution is -2.13. The van der Waals surface area contributed by atoms with Crippen LogP contribution in [0.15, 0.2) is 42.5 Å². The summed E-state index contributed by atoms with van der Waals surface area (Å²) >= 11 is 1.44. The Hall–Kier alpha value is -2.53. The van der Waals surface area contributed by atoms with Gasteiger partial charge in [-0.2, -0.15) is 0 Å². The highest BCUT2D eigenvalue weighted by atomic mass is 32.1. The molecular weight excluding hydrogens is 320 g/mol. The van der Waals surface area contributed by atoms with Crippen molar-refractivity contribution in [2.75, 3.05) is 5.32 Å². The standard InChI is InChI=1S/C19H18N2O2S/c1-12-6-8-14(9-7-12)15(22)10-11-17(23)20-19-21-18-13(2)4-3-5-16(18)24-19/h3-9H,10-11H2,1-2H3,(H,20,21,23). The number of benzene rings is 2. The quantitative estimate of drug-likeness (QED) is 0.696. The first-order valence-electron chi connectivity index (χ1n) is 7.79. The summed E-state index contributed by atoms with van der Waals surface area (Å²) < 4.78 is 1.04. The van der Waals surface area contributed by atoms with Crippen molar-refractivity contribution in [1.82, 2.24) is 4.98 Å². The van der Waals surface area contributed by atoms with Crippen molar-refractivity contribution >= 4 is 38.4 Å². The molecule has 0 radical (unpaired) electrons. The lowest BCUT2D eigenvalue weighted by molar-refractivity contribution is -0.116. The van der Waals surface area contributed by atoms with Crippen molar-refractivity contribution < 1.29 is 9.59 Å². The number of fused-ring (bicyclic) bond motifs is 1. The number of aromatic nitrogens is 1. The van der Waals surface area contributed by atoms with E-state index in [2.05, 4.69) is 10.3 Å². The Morgan fingerprint density at radius 3 is 2.50 bits per heavy atom. The molecule has 3 aromatic rings. The van der Waals surface area contributed by atoms with E-state index in [1.807, 2.05) is 44.2 Å². The van der Waals surface area contributed by atoms with Crippen LogP contribution in [-0.2, 0) is 4.79 Å². The number of nitrogens with one attached hydrogen (secondary N) is 1. The molecule has 0 bridgehead atoms. The number of carbonyl (C=O) groups excluding carboxylic acids is 2. The van der Waals surface area contributed by atoms with Crippen LogP contribution in [0.4, 0.5) is 5.13 Å². The minimum Gasteiger partial charge on any atom is -0.302 e. The average molecular weight is 338 g/mol. The van der Waals surface area contributed by atoms with Gasteiger partial charge in [0.2, 0.25) is 5.91 Å². The van der Waals surface area contributed by atoms with Crippen LogP contribution < -0.4 is 5.32 Å². The number of amides is 1. The van der Waals surface area contributed by atoms with Gasteiger partial charge in [-0.3, -0.25) is 9.59 Å². The second kappa shape index (κ2) is 6.93. The summed E-state index contributed by atoms with van der Waals surface area (Å²) in [4.78, 5) is 28.6. The van der Waals surface area contributed by atoms with Crippen LogP contribution >= 0.6 is 11.3 Å². The van der Waals surface area contributed by atoms with Gasteiger partial charge in [-0.25, -0.2) is 4.98 Å². The number of rotatable bonds is 5. The Labute approximate surface area is 144 Å². The maximum atomic E-state index is 12.1. The molecule has 1 aromatic heterocycles. The number of ketones is 1. The van der Waals surface area contributed by atoms with Gasteiger partial charge in [-0.15, -0.1) is 0 Å². The van der Waals surface area contributed by atoms with Crippen molar-refractivity contribution in [3.8, 4) is 0 Å². The molecule has 0 saturated heterocycles. The highest BCUT2D eigenvalue weighted by molar-refractivity contribution is 7.22. The topological polar surface area (TPSA) is 59.1 Å². The number of aryl methyl sites for hydroxylation is 2. The minimum absolute atomic E-state index is 0.0229. The highest BCUT2D eigenvalue weighted by Gasteiger charge is 2.12. The van der Waals surface area contributed by atoms with Crippen molar-refractivity contribution in [2.45, 2.75) is 26.7 Å². The molecule has 4 nitrogen and oxygen atoms in total. The lowest BCUT2D eigenvalue weighted by Gasteiger charge is -2.02. The van der Waals surface area contributed by atoms with Gasteiger partial charge in [0.05, 0.1) is 10.2 Å². The molecule has 5 heteroatoms. The monoisotopic (exact) mass is 338 g/mol. The summed E-state index contributed by atoms with van der Waals surface area (Å²) in [7, 11) is 0. The van der Waals surface area contributed by atoms with Crippen molar-refractivity contribution in [1.29, 1.82) is 0 Å². The molecule has 122 valence electrons. The summed E-state index contributed by atoms with van der Waals surface area (Å²) in [5.74, 6) is -0.211. The Kier molecular flexibility index (Phi) is 4.71. The molecule has 0 aliphatic carbocycles. The van der Waals surface area contributed by atoms with Gasteiger partial charge in [0, 0.05) is 18.4 Å². The molecule has 0 unspecified atom stereocenters. The fraction of sp³-hybridized carbons (Fsp3) is 0.211. The largest absolute Gasteiger partial charge is 0.302 e. The summed E-state index contributed by atoms with van der Waals surface area (Å²) in [6, 6.07) is 13.3. The number of para-hydroxylation sites is 1. The maximum absolute atomic E-state index is 12.1. The van der Waals surface area contributed by atoms with Crippen LogP contribution in [0.5, 0.6) is 0 Å². The smallest absolute Gasteiger partial charge is 0.226 e. The molecule has 3 rings (SSSR count). The zero-order valence-electron chi connectivity index (χ0n) is 13.6. The average Bonchev–Trinajstić information content (AvgIpc) is 2.97. The Bertz CT molecular complexity index is 897. The number of nitrogens with zero attached hydrogens (tertiary/aromatic N) is 1. The van der Waals surface area contributed by atoms with Gasteiger partial charge in [0.1, 0.15) is 0 Å². The highest BCUT2D eigenvalue weighted by Crippen LogP contribution is 2.27. The second-order valence-corrected chi connectivity index (χ2v) is 6.81. The van der Waals surface area contributed by atoms with E-state index in [0.29, 0.717) is 10.7 Å². The molecule has 0 atom stereocenters. The fourth-order valence-corrected chi connectivity index (χ4v) is 3.39. The molecule has 0 spiro atoms. The Morgan fingerprint density at radius 2 is 1.79 bits per heavy atom. The third-order valence-electron chi connectivity index (χ3n) is 3.82. The summed E-state index contributed by atoms with van der Waals surface area (Å²) in [6.07, 6.45) is 0.348. The van der Waals surface area contributed by atoms with Crippen molar-refractivity contribution in [3.63, 3.8) is 0 Å². The SMILES string of the molecule is Cc1ccc(C(=O)CCC(=O)Nc2nc3c(C)cccc3s2)cc1. The molecule has 0 aliphatic heterocycles. The van der Waals surface area contributed by atoms with E-state index in [0.717, 1.165) is 21.3 Å². The molecule has 2 aromatic carbocycles. The van der Waals surface area contributed by atoms with E-state index in [4.69, 9.17) is 0 Å². The zero-order chi connectivity index (χ0) is 17.1. The van der Waals surface area contributed by atoms with E-state index in [9.17, 15) is 9.59 Å². The van der Waals surface area contributed by atoms with E-state index < -0.39 is 0 Å². The van der Waals surface area contributed by atoms with E-state index in [-0.39, 0.29) is 24.5 Å². The molecule has 1 amide bonds. The van der Waals surface area contributed by atoms with E-state index in [1.54, 1.807) is 12.1 Å². The van der Waals surface area contributed by atoms with E-state index >= 15 is 0 Å². The van der Waals surface area contributed by atoms with Crippen LogP contribution in [-0.4, -0.2) is 16.7 Å². The minimum atomic E-state index is -0.188. The van der Waals surface area contributed by atoms with E-state index in [1.165, 1.54) is 11.3 Å². The normalized spacial score (nSPS) is 10.8. The van der Waals surface area contributed by atoms with Crippen LogP contribution in [0.1, 0.15) is 34.3 Å². The molecule has 1 heterocycles. The molecule has 24 heavy (non-hydrogen) atoms. The lowest BCUT2D eigenvalue weighted by atomic mass is 10.1. The predicted molar refractivity (Wildman–Crippen MR) is 97.7 cm³/mol. The van der Waals surface area contributed by atoms with Crippen LogP contribution in [0.3, 0.4) is 0 Å². The van der Waals surface area contributed by atoms with Crippen molar-refractivity contribution in [2.24, 2.45) is 0 Å². The number of hydrogen-bond donors (Lipinski definition) is 1. The Balaban J connectivity index is 1.59. The molecular formula is C19H18N2O2S. The summed E-state index contributed by atoms with van der Waals surface area (Å²) in [5, 5.41) is 3.37. The van der Waals surface area contributed by atoms with Gasteiger partial charge in [-0.05, 0) is 25.5 Å². The summed E-state index contributed by atoms with van der Waals surface area (Å²) in [5.41, 5.74) is 3.74. The third kappa shape index (κ3) is 3.68. The van der Waals surface area contributed by atoms with Gasteiger partial charge < -0.3 is 5.32 Å². The Morgan fingerprint density at radius 1 is 1.04 bits per heavy atom. The summed E-state index contributed by atoms with van der Waals surface area (Å²) in [6.45, 7) is 3.97. The predicted octanol–water partition coefficient (Wildman–Crippen LogP) is 4.51. The first kappa shape index (κ1) is 16.3. The van der Waals surface area contributed by atoms with Crippen LogP contribution in [0, 0.1) is 13.8 Å². The van der Waals surface area contributed by atoms with Gasteiger partial charge in [0.25, 0.3) is 0 Å². The van der Waals surface area contributed by atoms with Gasteiger partial charge in [-0.1, -0.05) is 53.3 Å². The molecule has 0 saturated carbocycles. The van der Waals surface area contributed by atoms with Crippen molar-refractivity contribution in [3.05, 3.63) is 59.2 Å². The number of thiazole rings is 1. The molecule has 1 N–H and O–H groups in total. The maximum Gasteiger partial charge on any atom is 0.226 e. The van der Waals surface area contributed by atoms with Gasteiger partial charge in [0.15, 0.2) is 10.9 Å². The zero-order valence-corrected chi connectivity index (χ0v) is 14.4. The molecule has 0 fully saturated rings. The first-order valence-corrected chi connectivity index (χ1v) is 8.60. The van der Waals surface area contributed by atoms with Crippen LogP contribution in [0.2, 0.25) is 0 Å². The number of Topliss-reactive ketones (excluding diaryl/α,β-unsaturated/α-hetero) is 1. The van der Waals surface area contributed by atoms with Gasteiger partial charge >= 0.3 is 0 Å². The van der Waals surface area contributed by atoms with Crippen LogP contribution in [0.25, 0.3) is 10.2 Å². The number of anilines is 1. The second-order valence-electron chi connectivity index (χ2n) is 5.78. The molecule has 0 aliphatic rings. The number of carbonyl (C=O) groups is 2.